The van der Waals surface area contributed by atoms with Gasteiger partial charge < -0.3 is 10.2 Å². The second kappa shape index (κ2) is 6.95. The molecule has 2 rings (SSSR count). The van der Waals surface area contributed by atoms with Crippen molar-refractivity contribution < 1.29 is 0 Å². The van der Waals surface area contributed by atoms with E-state index in [1.165, 1.54) is 43.4 Å². The Morgan fingerprint density at radius 2 is 1.79 bits per heavy atom. The van der Waals surface area contributed by atoms with Crippen LogP contribution in [-0.2, 0) is 6.54 Å². The van der Waals surface area contributed by atoms with Gasteiger partial charge in [0.25, 0.3) is 0 Å². The molecule has 1 saturated carbocycles. The van der Waals surface area contributed by atoms with E-state index >= 15 is 0 Å². The summed E-state index contributed by atoms with van der Waals surface area (Å²) in [5.41, 5.74) is 2.74. The van der Waals surface area contributed by atoms with E-state index in [2.05, 4.69) is 55.5 Å². The largest absolute Gasteiger partial charge is 0.382 e. The summed E-state index contributed by atoms with van der Waals surface area (Å²) in [6, 6.07) is 9.41. The third-order valence-corrected chi connectivity index (χ3v) is 4.29. The third kappa shape index (κ3) is 4.24. The Balaban J connectivity index is 1.95. The first-order valence-electron chi connectivity index (χ1n) is 7.68. The van der Waals surface area contributed by atoms with Crippen molar-refractivity contribution in [1.29, 1.82) is 0 Å². The Morgan fingerprint density at radius 1 is 1.11 bits per heavy atom. The molecule has 0 saturated heterocycles. The van der Waals surface area contributed by atoms with E-state index in [0.717, 1.165) is 12.5 Å². The molecule has 0 bridgehead atoms. The highest BCUT2D eigenvalue weighted by atomic mass is 15.1. The average molecular weight is 260 g/mol. The van der Waals surface area contributed by atoms with E-state index in [-0.39, 0.29) is 0 Å². The van der Waals surface area contributed by atoms with Crippen LogP contribution in [0.2, 0.25) is 0 Å². The second-order valence-corrected chi connectivity index (χ2v) is 6.17. The molecular formula is C17H28N2. The minimum absolute atomic E-state index is 0.672. The van der Waals surface area contributed by atoms with Crippen molar-refractivity contribution in [3.8, 4) is 0 Å². The van der Waals surface area contributed by atoms with Gasteiger partial charge >= 0.3 is 0 Å². The SMILES string of the molecule is CCC1CCC(Nc2ccccc2CN(C)C)CC1. The lowest BCUT2D eigenvalue weighted by atomic mass is 9.84. The average Bonchev–Trinajstić information content (AvgIpc) is 2.41. The smallest absolute Gasteiger partial charge is 0.0388 e. The van der Waals surface area contributed by atoms with E-state index in [1.807, 2.05) is 0 Å². The van der Waals surface area contributed by atoms with Crippen LogP contribution in [0.1, 0.15) is 44.6 Å². The van der Waals surface area contributed by atoms with Crippen LogP contribution >= 0.6 is 0 Å². The number of benzene rings is 1. The number of para-hydroxylation sites is 1. The highest BCUT2D eigenvalue weighted by Crippen LogP contribution is 2.29. The molecule has 0 heterocycles. The zero-order chi connectivity index (χ0) is 13.7. The Bertz CT molecular complexity index is 379. The molecule has 1 aromatic carbocycles. The van der Waals surface area contributed by atoms with Gasteiger partial charge in [0.05, 0.1) is 0 Å². The maximum atomic E-state index is 3.77. The van der Waals surface area contributed by atoms with E-state index in [0.29, 0.717) is 6.04 Å². The van der Waals surface area contributed by atoms with Crippen LogP contribution in [0.3, 0.4) is 0 Å². The monoisotopic (exact) mass is 260 g/mol. The quantitative estimate of drug-likeness (QED) is 0.856. The molecule has 0 spiro atoms. The van der Waals surface area contributed by atoms with Gasteiger partial charge in [-0.1, -0.05) is 31.5 Å². The van der Waals surface area contributed by atoms with Gasteiger partial charge in [0.1, 0.15) is 0 Å². The first-order valence-corrected chi connectivity index (χ1v) is 7.68. The van der Waals surface area contributed by atoms with Gasteiger partial charge in [-0.25, -0.2) is 0 Å². The molecule has 0 aromatic heterocycles. The molecule has 0 atom stereocenters. The molecule has 1 fully saturated rings. The van der Waals surface area contributed by atoms with Crippen molar-refractivity contribution in [3.63, 3.8) is 0 Å². The first kappa shape index (κ1) is 14.4. The predicted octanol–water partition coefficient (Wildman–Crippen LogP) is 4.13. The van der Waals surface area contributed by atoms with Gasteiger partial charge in [-0.15, -0.1) is 0 Å². The summed E-state index contributed by atoms with van der Waals surface area (Å²) >= 11 is 0. The summed E-state index contributed by atoms with van der Waals surface area (Å²) in [6.45, 7) is 3.33. The minimum Gasteiger partial charge on any atom is -0.382 e. The fourth-order valence-electron chi connectivity index (χ4n) is 3.07. The summed E-state index contributed by atoms with van der Waals surface area (Å²) in [5, 5.41) is 3.77. The predicted molar refractivity (Wildman–Crippen MR) is 83.5 cm³/mol. The molecular weight excluding hydrogens is 232 g/mol. The van der Waals surface area contributed by atoms with E-state index in [4.69, 9.17) is 0 Å². The Hall–Kier alpha value is -1.02. The summed E-state index contributed by atoms with van der Waals surface area (Å²) < 4.78 is 0. The van der Waals surface area contributed by atoms with Crippen LogP contribution in [0, 0.1) is 5.92 Å². The van der Waals surface area contributed by atoms with Crippen LogP contribution in [0.25, 0.3) is 0 Å². The van der Waals surface area contributed by atoms with E-state index < -0.39 is 0 Å². The lowest BCUT2D eigenvalue weighted by molar-refractivity contribution is 0.330. The van der Waals surface area contributed by atoms with Crippen LogP contribution in [0.4, 0.5) is 5.69 Å². The summed E-state index contributed by atoms with van der Waals surface area (Å²) in [5.74, 6) is 0.968. The number of hydrogen-bond donors (Lipinski definition) is 1. The fraction of sp³-hybridized carbons (Fsp3) is 0.647. The number of anilines is 1. The number of nitrogens with zero attached hydrogens (tertiary/aromatic N) is 1. The molecule has 0 unspecified atom stereocenters. The van der Waals surface area contributed by atoms with Crippen molar-refractivity contribution in [1.82, 2.24) is 4.90 Å². The highest BCUT2D eigenvalue weighted by molar-refractivity contribution is 5.51. The van der Waals surface area contributed by atoms with Crippen molar-refractivity contribution >= 4 is 5.69 Å². The molecule has 0 aliphatic heterocycles. The first-order chi connectivity index (χ1) is 9.19. The maximum Gasteiger partial charge on any atom is 0.0388 e. The molecule has 2 heteroatoms. The van der Waals surface area contributed by atoms with E-state index in [9.17, 15) is 0 Å². The molecule has 0 amide bonds. The molecule has 1 aliphatic rings. The Morgan fingerprint density at radius 3 is 2.42 bits per heavy atom. The van der Waals surface area contributed by atoms with Gasteiger partial charge in [-0.2, -0.15) is 0 Å². The van der Waals surface area contributed by atoms with Crippen molar-refractivity contribution in [3.05, 3.63) is 29.8 Å². The summed E-state index contributed by atoms with van der Waals surface area (Å²) in [4.78, 5) is 2.23. The molecule has 2 nitrogen and oxygen atoms in total. The third-order valence-electron chi connectivity index (χ3n) is 4.29. The molecule has 106 valence electrons. The van der Waals surface area contributed by atoms with Gasteiger partial charge in [0.2, 0.25) is 0 Å². The molecule has 1 N–H and O–H groups in total. The van der Waals surface area contributed by atoms with Crippen LogP contribution in [0.15, 0.2) is 24.3 Å². The standard InChI is InChI=1S/C17H28N2/c1-4-14-9-11-16(12-10-14)18-17-8-6-5-7-15(17)13-19(2)3/h5-8,14,16,18H,4,9-13H2,1-3H3. The molecule has 19 heavy (non-hydrogen) atoms. The lowest BCUT2D eigenvalue weighted by Gasteiger charge is -2.30. The molecule has 1 aromatic rings. The van der Waals surface area contributed by atoms with Crippen LogP contribution in [0.5, 0.6) is 0 Å². The Labute approximate surface area is 118 Å². The van der Waals surface area contributed by atoms with Gasteiger partial charge in [0, 0.05) is 18.3 Å². The van der Waals surface area contributed by atoms with Gasteiger partial charge in [0.15, 0.2) is 0 Å². The lowest BCUT2D eigenvalue weighted by Crippen LogP contribution is -2.26. The zero-order valence-electron chi connectivity index (χ0n) is 12.7. The second-order valence-electron chi connectivity index (χ2n) is 6.17. The van der Waals surface area contributed by atoms with Crippen LogP contribution in [-0.4, -0.2) is 25.0 Å². The van der Waals surface area contributed by atoms with Crippen LogP contribution < -0.4 is 5.32 Å². The normalized spacial score (nSPS) is 23.6. The van der Waals surface area contributed by atoms with Crippen molar-refractivity contribution in [2.45, 2.75) is 51.6 Å². The maximum absolute atomic E-state index is 3.77. The summed E-state index contributed by atoms with van der Waals surface area (Å²) in [7, 11) is 4.26. The van der Waals surface area contributed by atoms with E-state index in [1.54, 1.807) is 0 Å². The summed E-state index contributed by atoms with van der Waals surface area (Å²) in [6.07, 6.45) is 6.79. The number of hydrogen-bond acceptors (Lipinski definition) is 2. The van der Waals surface area contributed by atoms with Gasteiger partial charge in [-0.3, -0.25) is 0 Å². The van der Waals surface area contributed by atoms with Crippen molar-refractivity contribution in [2.75, 3.05) is 19.4 Å². The van der Waals surface area contributed by atoms with Crippen molar-refractivity contribution in [2.24, 2.45) is 5.92 Å². The fourth-order valence-corrected chi connectivity index (χ4v) is 3.07. The number of rotatable bonds is 5. The highest BCUT2D eigenvalue weighted by Gasteiger charge is 2.20. The topological polar surface area (TPSA) is 15.3 Å². The number of nitrogens with one attached hydrogen (secondary N) is 1. The Kier molecular flexibility index (Phi) is 5.26. The van der Waals surface area contributed by atoms with Gasteiger partial charge in [-0.05, 0) is 57.3 Å². The zero-order valence-corrected chi connectivity index (χ0v) is 12.7. The minimum atomic E-state index is 0.672. The molecule has 1 aliphatic carbocycles. The molecule has 0 radical (unpaired) electrons.